The van der Waals surface area contributed by atoms with Crippen LogP contribution < -0.4 is 16.4 Å². The number of hydrogen-bond acceptors (Lipinski definition) is 4. The van der Waals surface area contributed by atoms with E-state index in [1.807, 2.05) is 60.7 Å². The first-order valence-corrected chi connectivity index (χ1v) is 9.71. The van der Waals surface area contributed by atoms with Crippen LogP contribution in [0.3, 0.4) is 0 Å². The number of nitrogens with zero attached hydrogens (tertiary/aromatic N) is 2. The maximum atomic E-state index is 12.7. The molecule has 154 valence electrons. The summed E-state index contributed by atoms with van der Waals surface area (Å²) in [4.78, 5) is 24.3. The van der Waals surface area contributed by atoms with Gasteiger partial charge in [-0.05, 0) is 31.2 Å². The third-order valence-electron chi connectivity index (χ3n) is 4.73. The fraction of sp³-hybridized carbons (Fsp3) is 0.0417. The highest BCUT2D eigenvalue weighted by atomic mass is 16.2. The fourth-order valence-corrected chi connectivity index (χ4v) is 3.21. The van der Waals surface area contributed by atoms with E-state index in [4.69, 9.17) is 5.73 Å². The Balaban J connectivity index is 1.68. The third-order valence-corrected chi connectivity index (χ3v) is 4.73. The van der Waals surface area contributed by atoms with Crippen LogP contribution in [0.2, 0.25) is 0 Å². The molecular weight excluding hydrogens is 390 g/mol. The first kappa shape index (κ1) is 19.9. The predicted octanol–water partition coefficient (Wildman–Crippen LogP) is 4.97. The zero-order valence-electron chi connectivity index (χ0n) is 16.9. The molecule has 4 N–H and O–H groups in total. The summed E-state index contributed by atoms with van der Waals surface area (Å²) >= 11 is 0. The maximum absolute atomic E-state index is 12.7. The first-order chi connectivity index (χ1) is 15.0. The van der Waals surface area contributed by atoms with Gasteiger partial charge in [-0.15, -0.1) is 0 Å². The van der Waals surface area contributed by atoms with E-state index in [2.05, 4.69) is 15.7 Å². The lowest BCUT2D eigenvalue weighted by Gasteiger charge is -2.10. The number of carbonyl (C=O) groups is 2. The molecule has 4 rings (SSSR count). The molecule has 7 heteroatoms. The van der Waals surface area contributed by atoms with Crippen LogP contribution in [-0.2, 0) is 0 Å². The molecule has 0 radical (unpaired) electrons. The molecule has 1 aromatic heterocycles. The normalized spacial score (nSPS) is 10.5. The van der Waals surface area contributed by atoms with E-state index >= 15 is 0 Å². The van der Waals surface area contributed by atoms with Crippen molar-refractivity contribution in [2.45, 2.75) is 6.92 Å². The number of para-hydroxylation sites is 1. The molecule has 0 spiro atoms. The lowest BCUT2D eigenvalue weighted by Crippen LogP contribution is -2.20. The van der Waals surface area contributed by atoms with Crippen molar-refractivity contribution in [1.29, 1.82) is 0 Å². The number of amides is 2. The summed E-state index contributed by atoms with van der Waals surface area (Å²) in [7, 11) is 0. The second kappa shape index (κ2) is 8.54. The number of hydrogen-bond donors (Lipinski definition) is 3. The molecule has 31 heavy (non-hydrogen) atoms. The van der Waals surface area contributed by atoms with Gasteiger partial charge >= 0.3 is 6.03 Å². The molecule has 0 aliphatic carbocycles. The monoisotopic (exact) mass is 411 g/mol. The SMILES string of the molecule is CC(=O)c1cccc(NC(=O)Nc2c(-c3ccccc3)nn(-c3ccccc3)c2N)c1. The van der Waals surface area contributed by atoms with Gasteiger partial charge in [0.1, 0.15) is 11.4 Å². The molecule has 4 aromatic rings. The summed E-state index contributed by atoms with van der Waals surface area (Å²) in [6.07, 6.45) is 0. The van der Waals surface area contributed by atoms with E-state index < -0.39 is 6.03 Å². The van der Waals surface area contributed by atoms with Gasteiger partial charge in [-0.25, -0.2) is 9.48 Å². The van der Waals surface area contributed by atoms with Crippen molar-refractivity contribution in [3.63, 3.8) is 0 Å². The minimum atomic E-state index is -0.489. The summed E-state index contributed by atoms with van der Waals surface area (Å²) in [5.41, 5.74) is 9.95. The van der Waals surface area contributed by atoms with Crippen LogP contribution >= 0.6 is 0 Å². The van der Waals surface area contributed by atoms with Gasteiger partial charge in [0.25, 0.3) is 0 Å². The Bertz CT molecular complexity index is 1230. The number of benzene rings is 3. The molecule has 0 fully saturated rings. The van der Waals surface area contributed by atoms with Gasteiger partial charge in [0.2, 0.25) is 0 Å². The Morgan fingerprint density at radius 1 is 0.871 bits per heavy atom. The topological polar surface area (TPSA) is 102 Å². The highest BCUT2D eigenvalue weighted by Crippen LogP contribution is 2.34. The van der Waals surface area contributed by atoms with Gasteiger partial charge < -0.3 is 16.4 Å². The van der Waals surface area contributed by atoms with Crippen molar-refractivity contribution in [1.82, 2.24) is 9.78 Å². The molecule has 0 aliphatic rings. The van der Waals surface area contributed by atoms with Gasteiger partial charge in [-0.1, -0.05) is 60.7 Å². The number of Topliss-reactive ketones (excluding diaryl/α,β-unsaturated/α-hetero) is 1. The van der Waals surface area contributed by atoms with Crippen LogP contribution in [0.15, 0.2) is 84.9 Å². The Morgan fingerprint density at radius 3 is 2.23 bits per heavy atom. The minimum absolute atomic E-state index is 0.0798. The van der Waals surface area contributed by atoms with Crippen LogP contribution in [0.25, 0.3) is 16.9 Å². The standard InChI is InChI=1S/C24H21N5O2/c1-16(30)18-11-8-12-19(15-18)26-24(31)27-22-21(17-9-4-2-5-10-17)28-29(23(22)25)20-13-6-3-7-14-20/h2-15H,25H2,1H3,(H2,26,27,31). The Kier molecular flexibility index (Phi) is 5.49. The van der Waals surface area contributed by atoms with Crippen LogP contribution in [0.5, 0.6) is 0 Å². The molecule has 0 unspecified atom stereocenters. The van der Waals surface area contributed by atoms with E-state index in [-0.39, 0.29) is 5.78 Å². The highest BCUT2D eigenvalue weighted by molar-refractivity contribution is 6.05. The number of aromatic nitrogens is 2. The lowest BCUT2D eigenvalue weighted by atomic mass is 10.1. The number of nitrogens with two attached hydrogens (primary N) is 1. The number of urea groups is 1. The van der Waals surface area contributed by atoms with Crippen LogP contribution in [0.1, 0.15) is 17.3 Å². The molecule has 7 nitrogen and oxygen atoms in total. The van der Waals surface area contributed by atoms with Crippen molar-refractivity contribution in [3.05, 3.63) is 90.5 Å². The Hall–Kier alpha value is -4.39. The first-order valence-electron chi connectivity index (χ1n) is 9.71. The van der Waals surface area contributed by atoms with Crippen molar-refractivity contribution in [2.24, 2.45) is 0 Å². The van der Waals surface area contributed by atoms with Gasteiger partial charge in [-0.2, -0.15) is 5.10 Å². The lowest BCUT2D eigenvalue weighted by molar-refractivity contribution is 0.101. The van der Waals surface area contributed by atoms with Gasteiger partial charge in [-0.3, -0.25) is 4.79 Å². The molecule has 2 amide bonds. The van der Waals surface area contributed by atoms with E-state index in [0.29, 0.717) is 28.5 Å². The molecule has 1 heterocycles. The molecule has 3 aromatic carbocycles. The number of rotatable bonds is 5. The highest BCUT2D eigenvalue weighted by Gasteiger charge is 2.20. The smallest absolute Gasteiger partial charge is 0.323 e. The number of anilines is 3. The molecule has 0 saturated heterocycles. The zero-order valence-corrected chi connectivity index (χ0v) is 16.9. The summed E-state index contributed by atoms with van der Waals surface area (Å²) in [5, 5.41) is 10.2. The minimum Gasteiger partial charge on any atom is -0.382 e. The number of ketones is 1. The third kappa shape index (κ3) is 4.30. The Morgan fingerprint density at radius 2 is 1.55 bits per heavy atom. The van der Waals surface area contributed by atoms with Crippen molar-refractivity contribution in [3.8, 4) is 16.9 Å². The number of nitrogen functional groups attached to an aromatic ring is 1. The van der Waals surface area contributed by atoms with E-state index in [0.717, 1.165) is 11.3 Å². The van der Waals surface area contributed by atoms with E-state index in [9.17, 15) is 9.59 Å². The van der Waals surface area contributed by atoms with Gasteiger partial charge in [0.05, 0.1) is 5.69 Å². The molecular formula is C24H21N5O2. The van der Waals surface area contributed by atoms with Crippen molar-refractivity contribution < 1.29 is 9.59 Å². The zero-order chi connectivity index (χ0) is 21.8. The van der Waals surface area contributed by atoms with E-state index in [1.54, 1.807) is 28.9 Å². The number of nitrogens with one attached hydrogen (secondary N) is 2. The summed E-state index contributed by atoms with van der Waals surface area (Å²) in [6.45, 7) is 1.48. The predicted molar refractivity (Wildman–Crippen MR) is 123 cm³/mol. The quantitative estimate of drug-likeness (QED) is 0.404. The van der Waals surface area contributed by atoms with Crippen molar-refractivity contribution in [2.75, 3.05) is 16.4 Å². The average Bonchev–Trinajstić information content (AvgIpc) is 3.11. The second-order valence-electron chi connectivity index (χ2n) is 6.94. The van der Waals surface area contributed by atoms with Crippen LogP contribution in [0, 0.1) is 0 Å². The molecule has 0 atom stereocenters. The molecule has 0 bridgehead atoms. The maximum Gasteiger partial charge on any atom is 0.323 e. The molecule has 0 saturated carbocycles. The van der Waals surface area contributed by atoms with Crippen LogP contribution in [-0.4, -0.2) is 21.6 Å². The van der Waals surface area contributed by atoms with Crippen LogP contribution in [0.4, 0.5) is 22.0 Å². The van der Waals surface area contributed by atoms with Gasteiger partial charge in [0.15, 0.2) is 11.6 Å². The largest absolute Gasteiger partial charge is 0.382 e. The van der Waals surface area contributed by atoms with Gasteiger partial charge in [0, 0.05) is 16.8 Å². The van der Waals surface area contributed by atoms with Crippen molar-refractivity contribution >= 4 is 29.0 Å². The summed E-state index contributed by atoms with van der Waals surface area (Å²) < 4.78 is 1.59. The average molecular weight is 411 g/mol. The fourth-order valence-electron chi connectivity index (χ4n) is 3.21. The Labute approximate surface area is 179 Å². The summed E-state index contributed by atoms with van der Waals surface area (Å²) in [6, 6.07) is 25.2. The second-order valence-corrected chi connectivity index (χ2v) is 6.94. The molecule has 0 aliphatic heterocycles. The van der Waals surface area contributed by atoms with E-state index in [1.165, 1.54) is 6.92 Å². The summed E-state index contributed by atoms with van der Waals surface area (Å²) in [5.74, 6) is 0.224. The number of carbonyl (C=O) groups excluding carboxylic acids is 2.